The van der Waals surface area contributed by atoms with Gasteiger partial charge in [-0.05, 0) is 163 Å². The van der Waals surface area contributed by atoms with Crippen molar-refractivity contribution in [1.82, 2.24) is 0 Å². The zero-order valence-corrected chi connectivity index (χ0v) is 39.7. The van der Waals surface area contributed by atoms with Crippen LogP contribution in [0.5, 0.6) is 0 Å². The van der Waals surface area contributed by atoms with E-state index in [4.69, 9.17) is 8.83 Å². The van der Waals surface area contributed by atoms with Gasteiger partial charge in [-0.3, -0.25) is 0 Å². The predicted octanol–water partition coefficient (Wildman–Crippen LogP) is 19.2. The molecule has 4 heteroatoms. The summed E-state index contributed by atoms with van der Waals surface area (Å²) in [6, 6.07) is 84.3. The Bertz CT molecular complexity index is 4400. The van der Waals surface area contributed by atoms with Crippen molar-refractivity contribution in [2.75, 3.05) is 9.80 Å². The van der Waals surface area contributed by atoms with E-state index in [0.29, 0.717) is 0 Å². The summed E-state index contributed by atoms with van der Waals surface area (Å²) in [5.41, 5.74) is 19.6. The molecular formula is C69H44N2O2. The highest BCUT2D eigenvalue weighted by Crippen LogP contribution is 2.65. The summed E-state index contributed by atoms with van der Waals surface area (Å²) < 4.78 is 12.5. The number of nitrogens with zero attached hydrogens (tertiary/aromatic N) is 2. The molecule has 0 saturated carbocycles. The number of rotatable bonds is 8. The van der Waals surface area contributed by atoms with Gasteiger partial charge in [-0.25, -0.2) is 0 Å². The SMILES string of the molecule is C=Cc1oc2ccc(N(c3ccccc3)c3ccc4c5c(ccc4c3)-c3ccc4cc(N(c6ccccc6)c6ccc7oc8ccccc8c7c6)ccc4c3C53c4ccccc4-c4ccccc43)cc2c1C=C. The van der Waals surface area contributed by atoms with Crippen LogP contribution in [0.3, 0.4) is 0 Å². The lowest BCUT2D eigenvalue weighted by atomic mass is 9.68. The molecule has 13 aromatic rings. The van der Waals surface area contributed by atoms with Gasteiger partial charge in [0.1, 0.15) is 22.5 Å². The fraction of sp³-hybridized carbons (Fsp3) is 0.0145. The van der Waals surface area contributed by atoms with Gasteiger partial charge in [0.05, 0.1) is 5.41 Å². The first-order valence-electron chi connectivity index (χ1n) is 24.9. The molecule has 0 saturated heterocycles. The first kappa shape index (κ1) is 41.2. The van der Waals surface area contributed by atoms with Crippen LogP contribution in [0.15, 0.2) is 253 Å². The molecule has 342 valence electrons. The van der Waals surface area contributed by atoms with E-state index < -0.39 is 5.41 Å². The van der Waals surface area contributed by atoms with Gasteiger partial charge in [0.15, 0.2) is 0 Å². The minimum Gasteiger partial charge on any atom is -0.456 e. The summed E-state index contributed by atoms with van der Waals surface area (Å²) in [7, 11) is 0. The number of anilines is 6. The Morgan fingerprint density at radius 1 is 0.329 bits per heavy atom. The van der Waals surface area contributed by atoms with Gasteiger partial charge in [0, 0.05) is 55.8 Å². The number of hydrogen-bond donors (Lipinski definition) is 0. The summed E-state index contributed by atoms with van der Waals surface area (Å²) in [5, 5.41) is 8.02. The number of para-hydroxylation sites is 3. The van der Waals surface area contributed by atoms with Gasteiger partial charge in [-0.15, -0.1) is 0 Å². The number of furan rings is 2. The summed E-state index contributed by atoms with van der Waals surface area (Å²) in [6.45, 7) is 8.14. The highest BCUT2D eigenvalue weighted by Gasteiger charge is 2.53. The minimum absolute atomic E-state index is 0.595. The first-order chi connectivity index (χ1) is 36.1. The molecule has 2 aromatic heterocycles. The monoisotopic (exact) mass is 932 g/mol. The molecule has 2 aliphatic rings. The fourth-order valence-electron chi connectivity index (χ4n) is 12.6. The Labute approximate surface area is 422 Å². The van der Waals surface area contributed by atoms with E-state index in [1.54, 1.807) is 6.08 Å². The normalized spacial score (nSPS) is 12.9. The average molecular weight is 933 g/mol. The van der Waals surface area contributed by atoms with Crippen LogP contribution in [0.4, 0.5) is 34.1 Å². The van der Waals surface area contributed by atoms with E-state index >= 15 is 0 Å². The van der Waals surface area contributed by atoms with E-state index in [1.165, 1.54) is 66.1 Å². The molecule has 0 aliphatic heterocycles. The van der Waals surface area contributed by atoms with Crippen LogP contribution in [0.1, 0.15) is 33.6 Å². The molecule has 1 spiro atoms. The maximum atomic E-state index is 6.30. The minimum atomic E-state index is -0.595. The zero-order valence-electron chi connectivity index (χ0n) is 39.7. The molecule has 0 atom stereocenters. The van der Waals surface area contributed by atoms with Gasteiger partial charge in [-0.2, -0.15) is 0 Å². The van der Waals surface area contributed by atoms with Gasteiger partial charge in [0.25, 0.3) is 0 Å². The Hall–Kier alpha value is -9.64. The van der Waals surface area contributed by atoms with Crippen molar-refractivity contribution in [3.63, 3.8) is 0 Å². The first-order valence-corrected chi connectivity index (χ1v) is 24.9. The Morgan fingerprint density at radius 3 is 1.36 bits per heavy atom. The highest BCUT2D eigenvalue weighted by atomic mass is 16.3. The van der Waals surface area contributed by atoms with E-state index in [1.807, 2.05) is 18.2 Å². The largest absolute Gasteiger partial charge is 0.456 e. The summed E-state index contributed by atoms with van der Waals surface area (Å²) >= 11 is 0. The van der Waals surface area contributed by atoms with Crippen molar-refractivity contribution in [2.45, 2.75) is 5.41 Å². The summed E-state index contributed by atoms with van der Waals surface area (Å²) in [6.07, 6.45) is 3.61. The Balaban J connectivity index is 0.945. The lowest BCUT2D eigenvalue weighted by molar-refractivity contribution is 0.603. The second-order valence-electron chi connectivity index (χ2n) is 19.2. The molecule has 0 radical (unpaired) electrons. The quantitative estimate of drug-likeness (QED) is 0.152. The number of hydrogen-bond acceptors (Lipinski definition) is 4. The molecule has 4 nitrogen and oxygen atoms in total. The lowest BCUT2D eigenvalue weighted by Crippen LogP contribution is -2.26. The molecule has 15 rings (SSSR count). The lowest BCUT2D eigenvalue weighted by Gasteiger charge is -2.33. The third kappa shape index (κ3) is 5.83. The van der Waals surface area contributed by atoms with Gasteiger partial charge >= 0.3 is 0 Å². The van der Waals surface area contributed by atoms with Crippen LogP contribution in [-0.4, -0.2) is 0 Å². The van der Waals surface area contributed by atoms with Crippen LogP contribution in [0, 0.1) is 0 Å². The van der Waals surface area contributed by atoms with Crippen molar-refractivity contribution in [2.24, 2.45) is 0 Å². The molecule has 73 heavy (non-hydrogen) atoms. The van der Waals surface area contributed by atoms with Crippen molar-refractivity contribution in [3.8, 4) is 22.3 Å². The van der Waals surface area contributed by atoms with Crippen LogP contribution in [0.25, 0.3) is 88.9 Å². The van der Waals surface area contributed by atoms with Gasteiger partial charge < -0.3 is 18.6 Å². The van der Waals surface area contributed by atoms with Gasteiger partial charge in [0.2, 0.25) is 0 Å². The molecule has 0 bridgehead atoms. The molecule has 2 heterocycles. The number of fused-ring (bicyclic) bond motifs is 18. The summed E-state index contributed by atoms with van der Waals surface area (Å²) in [4.78, 5) is 4.70. The van der Waals surface area contributed by atoms with Crippen LogP contribution >= 0.6 is 0 Å². The maximum Gasteiger partial charge on any atom is 0.135 e. The molecule has 0 N–H and O–H groups in total. The predicted molar refractivity (Wildman–Crippen MR) is 304 cm³/mol. The third-order valence-corrected chi connectivity index (χ3v) is 15.5. The van der Waals surface area contributed by atoms with E-state index in [0.717, 1.165) is 78.4 Å². The third-order valence-electron chi connectivity index (χ3n) is 15.5. The van der Waals surface area contributed by atoms with E-state index in [-0.39, 0.29) is 0 Å². The molecule has 0 unspecified atom stereocenters. The molecule has 0 fully saturated rings. The maximum absolute atomic E-state index is 6.30. The van der Waals surface area contributed by atoms with E-state index in [2.05, 4.69) is 241 Å². The van der Waals surface area contributed by atoms with E-state index in [9.17, 15) is 0 Å². The zero-order chi connectivity index (χ0) is 48.4. The molecule has 2 aliphatic carbocycles. The van der Waals surface area contributed by atoms with Gasteiger partial charge in [-0.1, -0.05) is 159 Å². The van der Waals surface area contributed by atoms with Crippen LogP contribution in [0.2, 0.25) is 0 Å². The Morgan fingerprint density at radius 2 is 0.795 bits per heavy atom. The fourth-order valence-corrected chi connectivity index (χ4v) is 12.6. The van der Waals surface area contributed by atoms with Crippen molar-refractivity contribution in [3.05, 3.63) is 277 Å². The second-order valence-corrected chi connectivity index (χ2v) is 19.2. The molecular weight excluding hydrogens is 889 g/mol. The number of benzene rings is 11. The van der Waals surface area contributed by atoms with Crippen LogP contribution < -0.4 is 9.80 Å². The molecule has 11 aromatic carbocycles. The topological polar surface area (TPSA) is 32.8 Å². The van der Waals surface area contributed by atoms with Crippen molar-refractivity contribution < 1.29 is 8.83 Å². The van der Waals surface area contributed by atoms with Crippen molar-refractivity contribution >= 4 is 101 Å². The summed E-state index contributed by atoms with van der Waals surface area (Å²) in [5.74, 6) is 0.720. The molecule has 0 amide bonds. The van der Waals surface area contributed by atoms with Crippen molar-refractivity contribution in [1.29, 1.82) is 0 Å². The Kier molecular flexibility index (Phi) is 8.84. The second kappa shape index (κ2) is 15.7. The van der Waals surface area contributed by atoms with Crippen LogP contribution in [-0.2, 0) is 5.41 Å². The average Bonchev–Trinajstić information content (AvgIpc) is 4.20. The standard InChI is InChI=1S/C69H44N2O2/c1-3-51-59-41-49(31-37-65(59)72-63(51)4-2)70(45-17-7-5-8-18-45)47-29-35-52-43(39-47)27-33-57-58-34-28-44-40-48(71(46-19-9-6-10-20-46)50-32-38-66-60(42-50)56-23-13-16-26-64(56)73-66)30-36-53(44)68(58)69(67(52)57)61-24-14-11-21-54(61)55-22-12-15-25-62(55)69/h3-42H,1-2H2. The smallest absolute Gasteiger partial charge is 0.135 e. The highest BCUT2D eigenvalue weighted by molar-refractivity contribution is 6.11.